The van der Waals surface area contributed by atoms with Crippen molar-refractivity contribution in [3.63, 3.8) is 0 Å². The minimum Gasteiger partial charge on any atom is -0.508 e. The molecular weight excluding hydrogens is 1070 g/mol. The van der Waals surface area contributed by atoms with Gasteiger partial charge in [-0.15, -0.1) is 0 Å². The second-order valence-corrected chi connectivity index (χ2v) is 26.4. The number of nitrogens with two attached hydrogens (primary N) is 1. The molecule has 83 heavy (non-hydrogen) atoms. The van der Waals surface area contributed by atoms with E-state index in [0.717, 1.165) is 61.4 Å². The van der Waals surface area contributed by atoms with E-state index in [0.29, 0.717) is 68.9 Å². The number of hydrogen-bond donors (Lipinski definition) is 4. The van der Waals surface area contributed by atoms with E-state index in [2.05, 4.69) is 59.2 Å². The van der Waals surface area contributed by atoms with E-state index in [1.165, 1.54) is 9.91 Å². The van der Waals surface area contributed by atoms with Gasteiger partial charge in [0.25, 0.3) is 11.8 Å². The van der Waals surface area contributed by atoms with Gasteiger partial charge in [0, 0.05) is 117 Å². The zero-order valence-electron chi connectivity index (χ0n) is 48.3. The molecule has 6 bridgehead atoms. The molecule has 3 amide bonds. The third-order valence-corrected chi connectivity index (χ3v) is 19.2. The zero-order valence-corrected chi connectivity index (χ0v) is 49.1. The number of carbonyl (C=O) groups excluding carboxylic acids is 4. The molecule has 6 aromatic rings. The Morgan fingerprint density at radius 2 is 1.72 bits per heavy atom. The number of phenolic OH excluding ortho intramolecular Hbond substituents is 1. The molecule has 20 heteroatoms. The number of nitrogens with one attached hydrogen (secondary N) is 2. The Hall–Kier alpha value is -7.23. The number of benzene rings is 3. The van der Waals surface area contributed by atoms with Gasteiger partial charge in [-0.25, -0.2) is 13.8 Å². The van der Waals surface area contributed by atoms with Crippen LogP contribution >= 0.6 is 0 Å². The number of hydrogen-bond acceptors (Lipinski definition) is 15. The number of anilines is 1. The van der Waals surface area contributed by atoms with Crippen LogP contribution in [0.25, 0.3) is 44.5 Å². The third-order valence-electron chi connectivity index (χ3n) is 17.6. The number of amides is 3. The van der Waals surface area contributed by atoms with Crippen LogP contribution in [0.2, 0.25) is 0 Å². The van der Waals surface area contributed by atoms with Gasteiger partial charge in [0.15, 0.2) is 9.84 Å². The molecule has 3 aromatic carbocycles. The van der Waals surface area contributed by atoms with E-state index in [-0.39, 0.29) is 54.6 Å². The van der Waals surface area contributed by atoms with Crippen molar-refractivity contribution in [1.29, 1.82) is 0 Å². The zero-order chi connectivity index (χ0) is 58.6. The van der Waals surface area contributed by atoms with Crippen LogP contribution in [0.1, 0.15) is 99.8 Å². The summed E-state index contributed by atoms with van der Waals surface area (Å²) in [6.45, 7) is 12.7. The Morgan fingerprint density at radius 1 is 0.952 bits per heavy atom. The highest BCUT2D eigenvalue weighted by Gasteiger charge is 2.48. The quantitative estimate of drug-likeness (QED) is 0.0761. The summed E-state index contributed by atoms with van der Waals surface area (Å²) in [4.78, 5) is 72.4. The molecule has 5 aliphatic rings. The molecule has 19 nitrogen and oxygen atoms in total. The van der Waals surface area contributed by atoms with Crippen LogP contribution in [0, 0.1) is 11.3 Å². The van der Waals surface area contributed by atoms with Crippen molar-refractivity contribution >= 4 is 50.1 Å². The molecular formula is C63H75N9O10S. The van der Waals surface area contributed by atoms with E-state index in [1.807, 2.05) is 62.6 Å². The Balaban J connectivity index is 0.966. The van der Waals surface area contributed by atoms with Gasteiger partial charge in [0.2, 0.25) is 5.91 Å². The number of likely N-dealkylation sites (N-methyl/N-ethyl adjacent to an activating group) is 1. The van der Waals surface area contributed by atoms with Crippen molar-refractivity contribution in [2.24, 2.45) is 11.3 Å². The number of carbonyl (C=O) groups is 4. The highest BCUT2D eigenvalue weighted by atomic mass is 32.2. The maximum atomic E-state index is 15.0. The minimum atomic E-state index is -3.00. The summed E-state index contributed by atoms with van der Waals surface area (Å²) < 4.78 is 45.4. The number of aryl methyl sites for hydroxylation is 1. The van der Waals surface area contributed by atoms with Crippen molar-refractivity contribution in [3.8, 4) is 39.4 Å². The lowest BCUT2D eigenvalue weighted by molar-refractivity contribution is -0.156. The number of nitrogens with zero attached hydrogens (tertiary/aromatic N) is 6. The molecule has 7 heterocycles. The molecule has 4 aliphatic heterocycles. The minimum absolute atomic E-state index is 0.0125. The van der Waals surface area contributed by atoms with Gasteiger partial charge < -0.3 is 39.8 Å². The monoisotopic (exact) mass is 1150 g/mol. The first-order valence-electron chi connectivity index (χ1n) is 28.9. The van der Waals surface area contributed by atoms with Crippen LogP contribution < -0.4 is 16.5 Å². The largest absolute Gasteiger partial charge is 0.508 e. The summed E-state index contributed by atoms with van der Waals surface area (Å²) in [5.74, 6) is -2.71. The number of aromatic nitrogens is 3. The molecule has 3 saturated heterocycles. The lowest BCUT2D eigenvalue weighted by Crippen LogP contribution is -2.62. The lowest BCUT2D eigenvalue weighted by atomic mass is 9.67. The molecule has 3 fully saturated rings. The molecule has 0 saturated carbocycles. The molecule has 0 spiro atoms. The summed E-state index contributed by atoms with van der Waals surface area (Å²) in [7, 11) is 0.266. The highest BCUT2D eigenvalue weighted by Crippen LogP contribution is 2.57. The molecule has 11 rings (SSSR count). The van der Waals surface area contributed by atoms with E-state index in [4.69, 9.17) is 29.9 Å². The fraction of sp³-hybridized carbons (Fsp3) is 0.460. The second-order valence-electron chi connectivity index (χ2n) is 24.1. The van der Waals surface area contributed by atoms with E-state index >= 15 is 4.79 Å². The maximum absolute atomic E-state index is 15.0. The third kappa shape index (κ3) is 11.4. The SMILES string of the molecule is CCn1c2c3c4cc(ccc41)-c1cc(O)cc(c1)CC(NC(=O)C(C(C)C)N(C)C(=O)C1OCCC1c1ccc(N)cc1)C(=O)N1CCCC(N1)C(=O)OCC(C)(C)C3C(OC)c1ncc(-c3ccc(CN4CCS(=O)(=O)CC4)cn3)cc1-2. The number of phenols is 1. The first-order valence-corrected chi connectivity index (χ1v) is 30.7. The van der Waals surface area contributed by atoms with Crippen molar-refractivity contribution in [1.82, 2.24) is 40.1 Å². The molecule has 3 aromatic heterocycles. The van der Waals surface area contributed by atoms with Crippen molar-refractivity contribution in [2.75, 3.05) is 64.2 Å². The lowest BCUT2D eigenvalue weighted by Gasteiger charge is -2.42. The number of sulfone groups is 1. The predicted molar refractivity (Wildman–Crippen MR) is 315 cm³/mol. The Morgan fingerprint density at radius 3 is 2.43 bits per heavy atom. The normalized spacial score (nSPS) is 23.7. The fourth-order valence-corrected chi connectivity index (χ4v) is 14.6. The molecule has 5 N–H and O–H groups in total. The molecule has 1 aliphatic carbocycles. The topological polar surface area (TPSA) is 241 Å². The predicted octanol–water partition coefficient (Wildman–Crippen LogP) is 6.92. The van der Waals surface area contributed by atoms with Crippen LogP contribution in [0.5, 0.6) is 5.75 Å². The van der Waals surface area contributed by atoms with Crippen LogP contribution in [-0.4, -0.2) is 149 Å². The number of hydrazine groups is 1. The standard InChI is InChI=1S/C63H75N9O10S/c1-8-71-51-18-14-40-30-46(51)52-53(58(80-7)54-47(56(52)71)31-42(33-66-54)48-17-11-37(32-65-48)34-70-21-24-83(78,79)25-22-70)63(4,5)35-82-62(77)49-10-9-20-72(68-49)60(75)50(28-38-26-41(40)29-44(73)27-38)67-59(74)55(36(2)3)69(6)61(76)57-45(19-23-81-57)39-12-15-43(64)16-13-39/h11-18,26-27,29-33,36,45,49-50,53,55,57-58,68,73H,8-10,19-25,28,34-35,64H2,1-7H3,(H,67,74). The molecule has 438 valence electrons. The molecule has 7 unspecified atom stereocenters. The first kappa shape index (κ1) is 57.6. The summed E-state index contributed by atoms with van der Waals surface area (Å²) in [5.41, 5.74) is 18.9. The Kier molecular flexibility index (Phi) is 16.0. The number of pyridine rings is 2. The number of ether oxygens (including phenoxy) is 3. The maximum Gasteiger partial charge on any atom is 0.324 e. The van der Waals surface area contributed by atoms with E-state index in [9.17, 15) is 27.9 Å². The highest BCUT2D eigenvalue weighted by molar-refractivity contribution is 7.91. The van der Waals surface area contributed by atoms with Gasteiger partial charge >= 0.3 is 5.97 Å². The van der Waals surface area contributed by atoms with Crippen LogP contribution in [-0.2, 0) is 62.7 Å². The van der Waals surface area contributed by atoms with Crippen molar-refractivity contribution in [3.05, 3.63) is 119 Å². The van der Waals surface area contributed by atoms with Gasteiger partial charge in [-0.3, -0.25) is 39.1 Å². The number of fused-ring (bicyclic) bond motifs is 8. The summed E-state index contributed by atoms with van der Waals surface area (Å²) in [6.07, 6.45) is 3.66. The van der Waals surface area contributed by atoms with Gasteiger partial charge in [-0.1, -0.05) is 58.0 Å². The summed E-state index contributed by atoms with van der Waals surface area (Å²) in [6, 6.07) is 21.8. The van der Waals surface area contributed by atoms with Crippen LogP contribution in [0.3, 0.4) is 0 Å². The average molecular weight is 1150 g/mol. The smallest absolute Gasteiger partial charge is 0.324 e. The first-order chi connectivity index (χ1) is 39.7. The Labute approximate surface area is 484 Å². The van der Waals surface area contributed by atoms with Crippen LogP contribution in [0.15, 0.2) is 91.3 Å². The van der Waals surface area contributed by atoms with Gasteiger partial charge in [0.1, 0.15) is 36.1 Å². The van der Waals surface area contributed by atoms with Crippen molar-refractivity contribution < 1.29 is 46.9 Å². The number of cyclic esters (lactones) is 1. The van der Waals surface area contributed by atoms with E-state index < -0.39 is 69.3 Å². The van der Waals surface area contributed by atoms with Crippen LogP contribution in [0.4, 0.5) is 5.69 Å². The number of esters is 1. The Bertz CT molecular complexity index is 3570. The van der Waals surface area contributed by atoms with Gasteiger partial charge in [-0.2, -0.15) is 0 Å². The van der Waals surface area contributed by atoms with E-state index in [1.54, 1.807) is 38.4 Å². The van der Waals surface area contributed by atoms with Crippen molar-refractivity contribution in [2.45, 2.75) is 116 Å². The number of aromatic hydroxyl groups is 1. The average Bonchev–Trinajstić information content (AvgIpc) is 1.87. The van der Waals surface area contributed by atoms with Gasteiger partial charge in [-0.05, 0) is 114 Å². The number of methoxy groups -OCH3 is 1. The molecule has 7 atom stereocenters. The second kappa shape index (κ2) is 23.1. The fourth-order valence-electron chi connectivity index (χ4n) is 13.3. The molecule has 0 radical (unpaired) electrons. The summed E-state index contributed by atoms with van der Waals surface area (Å²) >= 11 is 0. The number of rotatable bonds is 11. The van der Waals surface area contributed by atoms with Gasteiger partial charge in [0.05, 0.1) is 35.2 Å². The summed E-state index contributed by atoms with van der Waals surface area (Å²) in [5, 5.41) is 17.0. The number of nitrogen functional groups attached to an aromatic ring is 1.